The predicted octanol–water partition coefficient (Wildman–Crippen LogP) is 4.92. The number of fused-ring (bicyclic) bond motifs is 3. The van der Waals surface area contributed by atoms with E-state index in [-0.39, 0.29) is 17.4 Å². The van der Waals surface area contributed by atoms with Crippen molar-refractivity contribution in [2.24, 2.45) is 0 Å². The Morgan fingerprint density at radius 2 is 2.00 bits per heavy atom. The number of benzene rings is 1. The number of carbonyl (C=O) groups excluding carboxylic acids is 1. The van der Waals surface area contributed by atoms with Crippen LogP contribution in [0, 0.1) is 0 Å². The van der Waals surface area contributed by atoms with Gasteiger partial charge in [0.05, 0.1) is 10.9 Å². The van der Waals surface area contributed by atoms with Crippen molar-refractivity contribution in [1.82, 2.24) is 15.0 Å². The molecule has 7 nitrogen and oxygen atoms in total. The zero-order valence-corrected chi connectivity index (χ0v) is 19.5. The van der Waals surface area contributed by atoms with E-state index in [1.807, 2.05) is 17.5 Å². The van der Waals surface area contributed by atoms with Gasteiger partial charge in [-0.15, -0.1) is 11.3 Å². The summed E-state index contributed by atoms with van der Waals surface area (Å²) in [4.78, 5) is 20.9. The van der Waals surface area contributed by atoms with Crippen LogP contribution < -0.4 is 9.47 Å². The molecule has 1 fully saturated rings. The van der Waals surface area contributed by atoms with Gasteiger partial charge in [0.15, 0.2) is 11.5 Å². The van der Waals surface area contributed by atoms with Crippen molar-refractivity contribution in [3.8, 4) is 22.2 Å². The molecule has 4 heterocycles. The lowest BCUT2D eigenvalue weighted by Gasteiger charge is -2.46. The second kappa shape index (κ2) is 8.17. The van der Waals surface area contributed by atoms with E-state index in [1.54, 1.807) is 11.3 Å². The van der Waals surface area contributed by atoms with Crippen LogP contribution in [0.3, 0.4) is 0 Å². The molecule has 1 spiro atoms. The van der Waals surface area contributed by atoms with Crippen LogP contribution in [-0.2, 0) is 16.6 Å². The molecule has 1 atom stereocenters. The molecule has 0 unspecified atom stereocenters. The second-order valence-corrected chi connectivity index (χ2v) is 10.2. The van der Waals surface area contributed by atoms with Crippen molar-refractivity contribution >= 4 is 17.2 Å². The first-order valence-electron chi connectivity index (χ1n) is 11.7. The Balaban J connectivity index is 1.24. The van der Waals surface area contributed by atoms with Crippen LogP contribution in [0.2, 0.25) is 0 Å². The molecule has 0 saturated heterocycles. The van der Waals surface area contributed by atoms with Crippen molar-refractivity contribution in [2.75, 3.05) is 19.8 Å². The van der Waals surface area contributed by atoms with E-state index in [1.165, 1.54) is 24.0 Å². The molecule has 2 aliphatic heterocycles. The number of carbonyl (C=O) groups is 1. The molecule has 1 amide bonds. The number of rotatable bonds is 4. The third-order valence-electron chi connectivity index (χ3n) is 7.32. The number of ether oxygens (including phenoxy) is 2. The highest BCUT2D eigenvalue weighted by Gasteiger charge is 2.46. The molecule has 0 N–H and O–H groups in total. The van der Waals surface area contributed by atoms with Gasteiger partial charge in [-0.3, -0.25) is 4.79 Å². The molecule has 0 bridgehead atoms. The SMILES string of the molecule is C[C@@H]1c2cc3c(cc2C2(CCCC2)CN1C(=O)CCc1nc(-c2cccs2)no1)OCCO3. The highest BCUT2D eigenvalue weighted by molar-refractivity contribution is 7.13. The van der Waals surface area contributed by atoms with Crippen LogP contribution in [0.4, 0.5) is 0 Å². The minimum absolute atomic E-state index is 0.00414. The number of aryl methyl sites for hydroxylation is 1. The fraction of sp³-hybridized carbons (Fsp3) is 0.480. The molecule has 8 heteroatoms. The molecular formula is C25H27N3O4S. The van der Waals surface area contributed by atoms with Gasteiger partial charge in [-0.05, 0) is 54.5 Å². The second-order valence-electron chi connectivity index (χ2n) is 9.26. The van der Waals surface area contributed by atoms with Gasteiger partial charge < -0.3 is 18.9 Å². The van der Waals surface area contributed by atoms with Crippen LogP contribution in [-0.4, -0.2) is 40.7 Å². The topological polar surface area (TPSA) is 77.7 Å². The minimum Gasteiger partial charge on any atom is -0.486 e. The molecule has 3 aromatic rings. The predicted molar refractivity (Wildman–Crippen MR) is 124 cm³/mol. The van der Waals surface area contributed by atoms with Crippen LogP contribution in [0.5, 0.6) is 11.5 Å². The van der Waals surface area contributed by atoms with E-state index in [4.69, 9.17) is 14.0 Å². The Morgan fingerprint density at radius 3 is 2.76 bits per heavy atom. The van der Waals surface area contributed by atoms with Crippen molar-refractivity contribution in [1.29, 1.82) is 0 Å². The Kier molecular flexibility index (Phi) is 5.13. The molecule has 172 valence electrons. The maximum Gasteiger partial charge on any atom is 0.227 e. The lowest BCUT2D eigenvalue weighted by Crippen LogP contribution is -2.48. The Hall–Kier alpha value is -2.87. The fourth-order valence-electron chi connectivity index (χ4n) is 5.63. The summed E-state index contributed by atoms with van der Waals surface area (Å²) < 4.78 is 17.2. The quantitative estimate of drug-likeness (QED) is 0.544. The fourth-order valence-corrected chi connectivity index (χ4v) is 6.28. The molecular weight excluding hydrogens is 438 g/mol. The summed E-state index contributed by atoms with van der Waals surface area (Å²) in [6.07, 6.45) is 5.39. The normalized spacial score (nSPS) is 20.8. The van der Waals surface area contributed by atoms with Gasteiger partial charge in [-0.25, -0.2) is 0 Å². The smallest absolute Gasteiger partial charge is 0.227 e. The first kappa shape index (κ1) is 20.7. The third kappa shape index (κ3) is 3.60. The first-order chi connectivity index (χ1) is 16.1. The number of hydrogen-bond acceptors (Lipinski definition) is 7. The lowest BCUT2D eigenvalue weighted by molar-refractivity contribution is -0.135. The first-order valence-corrected chi connectivity index (χ1v) is 12.6. The highest BCUT2D eigenvalue weighted by atomic mass is 32.1. The average Bonchev–Trinajstić information content (AvgIpc) is 3.61. The maximum atomic E-state index is 13.4. The van der Waals surface area contributed by atoms with Crippen molar-refractivity contribution < 1.29 is 18.8 Å². The Bertz CT molecular complexity index is 1170. The van der Waals surface area contributed by atoms with E-state index in [2.05, 4.69) is 34.1 Å². The zero-order chi connectivity index (χ0) is 22.4. The summed E-state index contributed by atoms with van der Waals surface area (Å²) in [5.41, 5.74) is 2.54. The van der Waals surface area contributed by atoms with Crippen LogP contribution >= 0.6 is 11.3 Å². The molecule has 1 aliphatic carbocycles. The molecule has 1 saturated carbocycles. The molecule has 2 aromatic heterocycles. The summed E-state index contributed by atoms with van der Waals surface area (Å²) in [5, 5.41) is 6.05. The summed E-state index contributed by atoms with van der Waals surface area (Å²) >= 11 is 1.57. The van der Waals surface area contributed by atoms with Gasteiger partial charge in [0.2, 0.25) is 17.6 Å². The van der Waals surface area contributed by atoms with Gasteiger partial charge in [-0.1, -0.05) is 24.1 Å². The van der Waals surface area contributed by atoms with Crippen molar-refractivity contribution in [3.63, 3.8) is 0 Å². The average molecular weight is 466 g/mol. The number of aromatic nitrogens is 2. The third-order valence-corrected chi connectivity index (χ3v) is 8.19. The number of nitrogens with zero attached hydrogens (tertiary/aromatic N) is 3. The van der Waals surface area contributed by atoms with Crippen molar-refractivity contribution in [2.45, 2.75) is 56.9 Å². The largest absolute Gasteiger partial charge is 0.486 e. The van der Waals surface area contributed by atoms with E-state index in [0.29, 0.717) is 37.8 Å². The van der Waals surface area contributed by atoms with Gasteiger partial charge in [-0.2, -0.15) is 4.98 Å². The maximum absolute atomic E-state index is 13.4. The molecule has 6 rings (SSSR count). The minimum atomic E-state index is -0.0149. The van der Waals surface area contributed by atoms with Crippen LogP contribution in [0.1, 0.15) is 62.1 Å². The summed E-state index contributed by atoms with van der Waals surface area (Å²) in [7, 11) is 0. The van der Waals surface area contributed by atoms with Gasteiger partial charge in [0.1, 0.15) is 13.2 Å². The number of hydrogen-bond donors (Lipinski definition) is 0. The Labute approximate surface area is 196 Å². The van der Waals surface area contributed by atoms with E-state index >= 15 is 0 Å². The van der Waals surface area contributed by atoms with Gasteiger partial charge >= 0.3 is 0 Å². The van der Waals surface area contributed by atoms with Crippen LogP contribution in [0.25, 0.3) is 10.7 Å². The van der Waals surface area contributed by atoms with E-state index in [9.17, 15) is 4.79 Å². The standard InChI is InChI=1S/C25H27N3O4S/c1-16-17-13-19-20(31-11-10-30-19)14-18(17)25(8-2-3-9-25)15-28(16)23(29)7-6-22-26-24(27-32-22)21-5-4-12-33-21/h4-5,12-14,16H,2-3,6-11,15H2,1H3/t16-/m1/s1. The van der Waals surface area contributed by atoms with Crippen molar-refractivity contribution in [3.05, 3.63) is 46.7 Å². The molecule has 0 radical (unpaired) electrons. The van der Waals surface area contributed by atoms with E-state index in [0.717, 1.165) is 35.8 Å². The summed E-state index contributed by atoms with van der Waals surface area (Å²) in [5.74, 6) is 2.86. The van der Waals surface area contributed by atoms with Crippen LogP contribution in [0.15, 0.2) is 34.2 Å². The monoisotopic (exact) mass is 465 g/mol. The Morgan fingerprint density at radius 1 is 1.21 bits per heavy atom. The molecule has 3 aliphatic rings. The highest BCUT2D eigenvalue weighted by Crippen LogP contribution is 2.52. The number of thiophene rings is 1. The molecule has 33 heavy (non-hydrogen) atoms. The lowest BCUT2D eigenvalue weighted by atomic mass is 9.71. The zero-order valence-electron chi connectivity index (χ0n) is 18.7. The summed E-state index contributed by atoms with van der Waals surface area (Å²) in [6.45, 7) is 4.02. The summed E-state index contributed by atoms with van der Waals surface area (Å²) in [6, 6.07) is 8.21. The number of amides is 1. The van der Waals surface area contributed by atoms with E-state index < -0.39 is 0 Å². The van der Waals surface area contributed by atoms with Gasteiger partial charge in [0, 0.05) is 24.8 Å². The molecule has 1 aromatic carbocycles. The van der Waals surface area contributed by atoms with Gasteiger partial charge in [0.25, 0.3) is 0 Å².